The third-order valence-electron chi connectivity index (χ3n) is 10.2. The summed E-state index contributed by atoms with van der Waals surface area (Å²) < 4.78 is 0. The molecule has 53 heavy (non-hydrogen) atoms. The SMILES string of the molecule is CC/C=C\C/C=C\C/C=C\CCCCCC(=O)NC(CO)C(O)/C=C/CC/C=C/CCCCCCCCCCCCCCCCCCCCCCCC. The first-order valence-electron chi connectivity index (χ1n) is 23.0. The zero-order chi connectivity index (χ0) is 38.6. The molecule has 0 fully saturated rings. The number of carbonyl (C=O) groups excluding carboxylic acids is 1. The number of hydrogen-bond acceptors (Lipinski definition) is 3. The molecule has 0 aliphatic rings. The van der Waals surface area contributed by atoms with Gasteiger partial charge in [0.15, 0.2) is 0 Å². The molecule has 2 atom stereocenters. The van der Waals surface area contributed by atoms with Gasteiger partial charge in [0.25, 0.3) is 0 Å². The maximum Gasteiger partial charge on any atom is 0.220 e. The summed E-state index contributed by atoms with van der Waals surface area (Å²) in [5.41, 5.74) is 0. The van der Waals surface area contributed by atoms with E-state index in [-0.39, 0.29) is 12.5 Å². The highest BCUT2D eigenvalue weighted by Gasteiger charge is 2.17. The summed E-state index contributed by atoms with van der Waals surface area (Å²) >= 11 is 0. The monoisotopic (exact) mass is 740 g/mol. The smallest absolute Gasteiger partial charge is 0.220 e. The minimum atomic E-state index is -0.876. The highest BCUT2D eigenvalue weighted by atomic mass is 16.3. The van der Waals surface area contributed by atoms with Crippen molar-refractivity contribution in [1.82, 2.24) is 5.32 Å². The second-order valence-corrected chi connectivity index (χ2v) is 15.4. The van der Waals surface area contributed by atoms with Crippen LogP contribution in [0.4, 0.5) is 0 Å². The molecule has 0 radical (unpaired) electrons. The average molecular weight is 740 g/mol. The van der Waals surface area contributed by atoms with E-state index in [0.29, 0.717) is 6.42 Å². The Labute approximate surface area is 330 Å². The summed E-state index contributed by atoms with van der Waals surface area (Å²) in [4.78, 5) is 12.3. The van der Waals surface area contributed by atoms with Crippen LogP contribution in [-0.2, 0) is 4.79 Å². The van der Waals surface area contributed by atoms with Gasteiger partial charge < -0.3 is 15.5 Å². The van der Waals surface area contributed by atoms with E-state index in [0.717, 1.165) is 64.2 Å². The second-order valence-electron chi connectivity index (χ2n) is 15.4. The molecule has 0 saturated carbocycles. The van der Waals surface area contributed by atoms with Crippen LogP contribution in [0.3, 0.4) is 0 Å². The molecule has 308 valence electrons. The van der Waals surface area contributed by atoms with Gasteiger partial charge in [0.05, 0.1) is 18.8 Å². The third-order valence-corrected chi connectivity index (χ3v) is 10.2. The van der Waals surface area contributed by atoms with E-state index in [4.69, 9.17) is 0 Å². The Morgan fingerprint density at radius 3 is 1.32 bits per heavy atom. The summed E-state index contributed by atoms with van der Waals surface area (Å²) in [7, 11) is 0. The number of allylic oxidation sites excluding steroid dienone is 9. The maximum absolute atomic E-state index is 12.3. The Balaban J connectivity index is 3.57. The van der Waals surface area contributed by atoms with Crippen LogP contribution in [0.5, 0.6) is 0 Å². The molecule has 0 saturated heterocycles. The van der Waals surface area contributed by atoms with E-state index in [2.05, 4.69) is 67.8 Å². The summed E-state index contributed by atoms with van der Waals surface area (Å²) in [6, 6.07) is -0.656. The topological polar surface area (TPSA) is 69.6 Å². The quantitative estimate of drug-likeness (QED) is 0.0432. The molecule has 0 aliphatic heterocycles. The molecule has 4 nitrogen and oxygen atoms in total. The molecule has 0 spiro atoms. The Kier molecular flexibility index (Phi) is 42.9. The fourth-order valence-electron chi connectivity index (χ4n) is 6.74. The molecule has 0 aromatic rings. The van der Waals surface area contributed by atoms with Crippen LogP contribution in [0, 0.1) is 0 Å². The third kappa shape index (κ3) is 41.1. The van der Waals surface area contributed by atoms with Crippen LogP contribution in [0.2, 0.25) is 0 Å². The molecular formula is C49H89NO3. The van der Waals surface area contributed by atoms with Gasteiger partial charge in [-0.25, -0.2) is 0 Å². The number of amides is 1. The molecule has 0 heterocycles. The average Bonchev–Trinajstić information content (AvgIpc) is 3.16. The lowest BCUT2D eigenvalue weighted by Gasteiger charge is -2.19. The zero-order valence-corrected chi connectivity index (χ0v) is 35.3. The van der Waals surface area contributed by atoms with Crippen molar-refractivity contribution in [3.05, 3.63) is 60.8 Å². The Morgan fingerprint density at radius 2 is 0.849 bits per heavy atom. The van der Waals surface area contributed by atoms with Crippen LogP contribution >= 0.6 is 0 Å². The molecule has 2 unspecified atom stereocenters. The van der Waals surface area contributed by atoms with Gasteiger partial charge >= 0.3 is 0 Å². The minimum Gasteiger partial charge on any atom is -0.394 e. The van der Waals surface area contributed by atoms with Gasteiger partial charge in [0.2, 0.25) is 5.91 Å². The van der Waals surface area contributed by atoms with Crippen molar-refractivity contribution in [3.8, 4) is 0 Å². The second kappa shape index (κ2) is 44.5. The molecule has 3 N–H and O–H groups in total. The fraction of sp³-hybridized carbons (Fsp3) is 0.776. The van der Waals surface area contributed by atoms with Gasteiger partial charge in [-0.15, -0.1) is 0 Å². The molecule has 4 heteroatoms. The standard InChI is InChI=1S/C49H89NO3/c1-3-5-7-9-11-13-15-17-18-19-20-21-22-23-24-25-26-27-28-29-30-31-33-34-36-38-40-42-44-48(52)47(46-51)50-49(53)45-43-41-39-37-35-32-16-14-12-10-8-6-4-2/h6,8,12,14,32,34-36,42,44,47-48,51-52H,3-5,7,9-11,13,15-31,33,37-41,43,45-46H2,1-2H3,(H,50,53)/b8-6-,14-12-,35-32-,36-34+,44-42+. The molecule has 0 bridgehead atoms. The van der Waals surface area contributed by atoms with E-state index < -0.39 is 12.1 Å². The maximum atomic E-state index is 12.3. The van der Waals surface area contributed by atoms with Crippen molar-refractivity contribution in [2.45, 2.75) is 238 Å². The molecular weight excluding hydrogens is 651 g/mol. The summed E-state index contributed by atoms with van der Waals surface area (Å²) in [6.07, 6.45) is 62.2. The highest BCUT2D eigenvalue weighted by Crippen LogP contribution is 2.16. The first-order valence-corrected chi connectivity index (χ1v) is 23.0. The van der Waals surface area contributed by atoms with Crippen molar-refractivity contribution in [2.75, 3.05) is 6.61 Å². The van der Waals surface area contributed by atoms with Crippen molar-refractivity contribution in [2.24, 2.45) is 0 Å². The van der Waals surface area contributed by atoms with Gasteiger partial charge in [0, 0.05) is 6.42 Å². The minimum absolute atomic E-state index is 0.104. The predicted molar refractivity (Wildman–Crippen MR) is 234 cm³/mol. The van der Waals surface area contributed by atoms with Gasteiger partial charge in [-0.3, -0.25) is 4.79 Å². The van der Waals surface area contributed by atoms with Crippen LogP contribution < -0.4 is 5.32 Å². The van der Waals surface area contributed by atoms with Gasteiger partial charge in [-0.1, -0.05) is 216 Å². The van der Waals surface area contributed by atoms with Crippen molar-refractivity contribution >= 4 is 5.91 Å². The van der Waals surface area contributed by atoms with Gasteiger partial charge in [-0.2, -0.15) is 0 Å². The molecule has 0 aromatic heterocycles. The molecule has 0 aliphatic carbocycles. The summed E-state index contributed by atoms with van der Waals surface area (Å²) in [5, 5.41) is 22.9. The van der Waals surface area contributed by atoms with E-state index >= 15 is 0 Å². The molecule has 1 amide bonds. The Hall–Kier alpha value is -1.91. The molecule has 0 aromatic carbocycles. The Bertz CT molecular complexity index is 888. The Morgan fingerprint density at radius 1 is 0.472 bits per heavy atom. The van der Waals surface area contributed by atoms with Crippen molar-refractivity contribution < 1.29 is 15.0 Å². The van der Waals surface area contributed by atoms with Crippen LogP contribution in [0.25, 0.3) is 0 Å². The van der Waals surface area contributed by atoms with Gasteiger partial charge in [-0.05, 0) is 64.2 Å². The number of aliphatic hydroxyl groups is 2. The van der Waals surface area contributed by atoms with E-state index in [1.54, 1.807) is 6.08 Å². The van der Waals surface area contributed by atoms with E-state index in [1.165, 1.54) is 141 Å². The number of rotatable bonds is 41. The van der Waals surface area contributed by atoms with Crippen molar-refractivity contribution in [1.29, 1.82) is 0 Å². The summed E-state index contributed by atoms with van der Waals surface area (Å²) in [6.45, 7) is 4.17. The molecule has 0 rings (SSSR count). The predicted octanol–water partition coefficient (Wildman–Crippen LogP) is 14.5. The van der Waals surface area contributed by atoms with E-state index in [1.807, 2.05) is 6.08 Å². The normalized spacial score (nSPS) is 13.5. The zero-order valence-electron chi connectivity index (χ0n) is 35.3. The first kappa shape index (κ1) is 51.1. The van der Waals surface area contributed by atoms with Crippen LogP contribution in [0.15, 0.2) is 60.8 Å². The number of unbranched alkanes of at least 4 members (excludes halogenated alkanes) is 26. The van der Waals surface area contributed by atoms with E-state index in [9.17, 15) is 15.0 Å². The largest absolute Gasteiger partial charge is 0.394 e. The number of nitrogens with one attached hydrogen (secondary N) is 1. The number of aliphatic hydroxyl groups excluding tert-OH is 2. The lowest BCUT2D eigenvalue weighted by molar-refractivity contribution is -0.123. The first-order chi connectivity index (χ1) is 26.2. The lowest BCUT2D eigenvalue weighted by Crippen LogP contribution is -2.45. The number of carbonyl (C=O) groups is 1. The van der Waals surface area contributed by atoms with Crippen molar-refractivity contribution in [3.63, 3.8) is 0 Å². The number of hydrogen-bond donors (Lipinski definition) is 3. The summed E-state index contributed by atoms with van der Waals surface area (Å²) in [5.74, 6) is -0.104. The van der Waals surface area contributed by atoms with Crippen LogP contribution in [-0.4, -0.2) is 34.9 Å². The van der Waals surface area contributed by atoms with Gasteiger partial charge in [0.1, 0.15) is 0 Å². The lowest BCUT2D eigenvalue weighted by atomic mass is 10.0. The fourth-order valence-corrected chi connectivity index (χ4v) is 6.74. The van der Waals surface area contributed by atoms with Crippen LogP contribution in [0.1, 0.15) is 226 Å². The highest BCUT2D eigenvalue weighted by molar-refractivity contribution is 5.76.